The lowest BCUT2D eigenvalue weighted by atomic mass is 10.1. The van der Waals surface area contributed by atoms with Crippen LogP contribution in [0.15, 0.2) is 11.0 Å². The molecule has 0 bridgehead atoms. The third-order valence-electron chi connectivity index (χ3n) is 2.44. The van der Waals surface area contributed by atoms with Crippen molar-refractivity contribution in [2.75, 3.05) is 5.32 Å². The third kappa shape index (κ3) is 3.85. The normalized spacial score (nSPS) is 12.4. The molecule has 0 radical (unpaired) electrons. The van der Waals surface area contributed by atoms with Gasteiger partial charge in [0.25, 0.3) is 5.56 Å². The maximum absolute atomic E-state index is 11.2. The molecule has 0 saturated heterocycles. The zero-order valence-corrected chi connectivity index (χ0v) is 10.5. The van der Waals surface area contributed by atoms with Crippen molar-refractivity contribution >= 4 is 17.3 Å². The minimum absolute atomic E-state index is 0.178. The number of hydrogen-bond donors (Lipinski definition) is 2. The fourth-order valence-electron chi connectivity index (χ4n) is 1.52. The van der Waals surface area contributed by atoms with E-state index in [0.717, 1.165) is 6.42 Å². The number of nitrogens with zero attached hydrogens (tertiary/aromatic N) is 1. The molecule has 0 spiro atoms. The van der Waals surface area contributed by atoms with Crippen LogP contribution in [-0.2, 0) is 0 Å². The molecule has 1 atom stereocenters. The molecule has 1 aromatic heterocycles. The Morgan fingerprint density at radius 2 is 2.31 bits per heavy atom. The molecule has 0 aliphatic rings. The molecule has 5 heteroatoms. The molecule has 0 aromatic carbocycles. The van der Waals surface area contributed by atoms with E-state index in [1.807, 2.05) is 0 Å². The lowest BCUT2D eigenvalue weighted by Crippen LogP contribution is -2.18. The summed E-state index contributed by atoms with van der Waals surface area (Å²) in [5.74, 6) is 0. The van der Waals surface area contributed by atoms with Gasteiger partial charge in [0, 0.05) is 6.04 Å². The van der Waals surface area contributed by atoms with Crippen molar-refractivity contribution < 1.29 is 0 Å². The zero-order chi connectivity index (χ0) is 12.0. The second-order valence-electron chi connectivity index (χ2n) is 3.97. The van der Waals surface area contributed by atoms with Crippen molar-refractivity contribution in [3.05, 3.63) is 21.6 Å². The zero-order valence-electron chi connectivity index (χ0n) is 9.72. The number of H-pyrrole nitrogens is 1. The second-order valence-corrected chi connectivity index (χ2v) is 4.35. The summed E-state index contributed by atoms with van der Waals surface area (Å²) in [4.78, 5) is 11.2. The van der Waals surface area contributed by atoms with Crippen molar-refractivity contribution in [1.82, 2.24) is 10.2 Å². The van der Waals surface area contributed by atoms with Crippen LogP contribution in [0.25, 0.3) is 0 Å². The summed E-state index contributed by atoms with van der Waals surface area (Å²) in [6.45, 7) is 4.25. The van der Waals surface area contributed by atoms with Gasteiger partial charge in [-0.2, -0.15) is 5.10 Å². The monoisotopic (exact) mass is 243 g/mol. The smallest absolute Gasteiger partial charge is 0.285 e. The molecular weight excluding hydrogens is 226 g/mol. The van der Waals surface area contributed by atoms with Crippen LogP contribution in [0.1, 0.15) is 39.5 Å². The summed E-state index contributed by atoms with van der Waals surface area (Å²) in [7, 11) is 0. The van der Waals surface area contributed by atoms with E-state index in [9.17, 15) is 4.79 Å². The predicted molar refractivity (Wildman–Crippen MR) is 67.1 cm³/mol. The molecule has 0 aliphatic heterocycles. The van der Waals surface area contributed by atoms with E-state index < -0.39 is 0 Å². The molecule has 1 rings (SSSR count). The third-order valence-corrected chi connectivity index (χ3v) is 2.81. The molecule has 4 nitrogen and oxygen atoms in total. The van der Waals surface area contributed by atoms with Gasteiger partial charge in [0.1, 0.15) is 5.02 Å². The average molecular weight is 244 g/mol. The van der Waals surface area contributed by atoms with Gasteiger partial charge in [-0.15, -0.1) is 0 Å². The van der Waals surface area contributed by atoms with Gasteiger partial charge in [-0.05, 0) is 13.3 Å². The Bertz CT molecular complexity index is 378. The molecule has 2 N–H and O–H groups in total. The molecule has 0 saturated carbocycles. The van der Waals surface area contributed by atoms with Gasteiger partial charge in [-0.25, -0.2) is 5.10 Å². The Morgan fingerprint density at radius 3 is 3.00 bits per heavy atom. The van der Waals surface area contributed by atoms with E-state index in [0.29, 0.717) is 11.7 Å². The number of nitrogens with one attached hydrogen (secondary N) is 2. The van der Waals surface area contributed by atoms with Crippen LogP contribution in [0.2, 0.25) is 5.02 Å². The first kappa shape index (κ1) is 13.0. The van der Waals surface area contributed by atoms with Crippen LogP contribution >= 0.6 is 11.6 Å². The molecule has 16 heavy (non-hydrogen) atoms. The van der Waals surface area contributed by atoms with Crippen molar-refractivity contribution in [2.45, 2.75) is 45.6 Å². The number of aromatic nitrogens is 2. The first-order valence-electron chi connectivity index (χ1n) is 5.64. The number of rotatable bonds is 6. The number of unbranched alkanes of at least 4 members (excludes halogenated alkanes) is 2. The molecule has 0 fully saturated rings. The van der Waals surface area contributed by atoms with Crippen LogP contribution in [0.4, 0.5) is 5.69 Å². The lowest BCUT2D eigenvalue weighted by Gasteiger charge is -2.15. The standard InChI is InChI=1S/C11H18ClN3O/c1-3-4-5-6-8(2)14-9-7-13-15-11(16)10(9)12/h7-8H,3-6H2,1-2H3,(H2,14,15,16). The molecule has 1 heterocycles. The first-order chi connectivity index (χ1) is 7.65. The lowest BCUT2D eigenvalue weighted by molar-refractivity contribution is 0.614. The van der Waals surface area contributed by atoms with Crippen LogP contribution in [0.5, 0.6) is 0 Å². The van der Waals surface area contributed by atoms with Crippen molar-refractivity contribution in [1.29, 1.82) is 0 Å². The number of halogens is 1. The topological polar surface area (TPSA) is 57.8 Å². The Balaban J connectivity index is 2.52. The van der Waals surface area contributed by atoms with E-state index in [2.05, 4.69) is 29.4 Å². The summed E-state index contributed by atoms with van der Waals surface area (Å²) in [5.41, 5.74) is 0.252. The van der Waals surface area contributed by atoms with Crippen LogP contribution in [0, 0.1) is 0 Å². The van der Waals surface area contributed by atoms with Crippen LogP contribution in [0.3, 0.4) is 0 Å². The summed E-state index contributed by atoms with van der Waals surface area (Å²) < 4.78 is 0. The molecule has 1 unspecified atom stereocenters. The minimum Gasteiger partial charge on any atom is -0.380 e. The van der Waals surface area contributed by atoms with E-state index in [4.69, 9.17) is 11.6 Å². The van der Waals surface area contributed by atoms with E-state index >= 15 is 0 Å². The van der Waals surface area contributed by atoms with E-state index in [1.54, 1.807) is 6.20 Å². The average Bonchev–Trinajstić information content (AvgIpc) is 2.25. The highest BCUT2D eigenvalue weighted by molar-refractivity contribution is 6.32. The van der Waals surface area contributed by atoms with Gasteiger partial charge >= 0.3 is 0 Å². The molecule has 1 aromatic rings. The van der Waals surface area contributed by atoms with Gasteiger partial charge in [0.15, 0.2) is 0 Å². The minimum atomic E-state index is -0.354. The molecule has 90 valence electrons. The van der Waals surface area contributed by atoms with Crippen molar-refractivity contribution in [3.8, 4) is 0 Å². The number of hydrogen-bond acceptors (Lipinski definition) is 3. The first-order valence-corrected chi connectivity index (χ1v) is 6.02. The quantitative estimate of drug-likeness (QED) is 0.756. The number of anilines is 1. The van der Waals surface area contributed by atoms with Gasteiger partial charge in [0.2, 0.25) is 0 Å². The summed E-state index contributed by atoms with van der Waals surface area (Å²) in [6.07, 6.45) is 6.23. The van der Waals surface area contributed by atoms with Crippen molar-refractivity contribution in [2.24, 2.45) is 0 Å². The predicted octanol–water partition coefficient (Wildman–Crippen LogP) is 2.80. The summed E-state index contributed by atoms with van der Waals surface area (Å²) in [6, 6.07) is 0.299. The second kappa shape index (κ2) is 6.53. The Kier molecular flexibility index (Phi) is 5.32. The van der Waals surface area contributed by atoms with E-state index in [1.165, 1.54) is 19.3 Å². The highest BCUT2D eigenvalue weighted by atomic mass is 35.5. The van der Waals surface area contributed by atoms with E-state index in [-0.39, 0.29) is 10.6 Å². The highest BCUT2D eigenvalue weighted by Gasteiger charge is 2.07. The van der Waals surface area contributed by atoms with Crippen LogP contribution in [-0.4, -0.2) is 16.2 Å². The molecular formula is C11H18ClN3O. The Hall–Kier alpha value is -1.03. The van der Waals surface area contributed by atoms with Crippen LogP contribution < -0.4 is 10.9 Å². The van der Waals surface area contributed by atoms with Gasteiger partial charge in [-0.3, -0.25) is 4.79 Å². The highest BCUT2D eigenvalue weighted by Crippen LogP contribution is 2.17. The largest absolute Gasteiger partial charge is 0.380 e. The molecule has 0 aliphatic carbocycles. The Labute approximate surface area is 100 Å². The van der Waals surface area contributed by atoms with Gasteiger partial charge < -0.3 is 5.32 Å². The van der Waals surface area contributed by atoms with Gasteiger partial charge in [0.05, 0.1) is 11.9 Å². The summed E-state index contributed by atoms with van der Waals surface area (Å²) in [5, 5.41) is 9.37. The SMILES string of the molecule is CCCCCC(C)Nc1cn[nH]c(=O)c1Cl. The fraction of sp³-hybridized carbons (Fsp3) is 0.636. The summed E-state index contributed by atoms with van der Waals surface area (Å²) >= 11 is 5.85. The van der Waals surface area contributed by atoms with Gasteiger partial charge in [-0.1, -0.05) is 37.8 Å². The number of aromatic amines is 1. The fourth-order valence-corrected chi connectivity index (χ4v) is 1.67. The molecule has 0 amide bonds. The Morgan fingerprint density at radius 1 is 1.56 bits per heavy atom. The van der Waals surface area contributed by atoms with Crippen molar-refractivity contribution in [3.63, 3.8) is 0 Å². The maximum Gasteiger partial charge on any atom is 0.285 e. The maximum atomic E-state index is 11.2.